The molecule has 0 aromatic rings. The summed E-state index contributed by atoms with van der Waals surface area (Å²) in [6.45, 7) is 5.88. The van der Waals surface area contributed by atoms with Gasteiger partial charge < -0.3 is 14.5 Å². The molecule has 0 N–H and O–H groups in total. The van der Waals surface area contributed by atoms with Crippen molar-refractivity contribution in [2.24, 2.45) is 11.1 Å². The SMILES string of the molecule is C=CCOC(=O)N1CCC(C2=NOCC2)C1. The van der Waals surface area contributed by atoms with Gasteiger partial charge >= 0.3 is 6.09 Å². The van der Waals surface area contributed by atoms with Crippen molar-refractivity contribution in [2.45, 2.75) is 12.8 Å². The molecule has 1 fully saturated rings. The highest BCUT2D eigenvalue weighted by atomic mass is 16.6. The lowest BCUT2D eigenvalue weighted by atomic mass is 10.0. The Labute approximate surface area is 94.7 Å². The van der Waals surface area contributed by atoms with Gasteiger partial charge in [-0.3, -0.25) is 0 Å². The summed E-state index contributed by atoms with van der Waals surface area (Å²) in [5.74, 6) is 0.346. The zero-order valence-electron chi connectivity index (χ0n) is 9.22. The molecule has 16 heavy (non-hydrogen) atoms. The van der Waals surface area contributed by atoms with Crippen molar-refractivity contribution in [3.8, 4) is 0 Å². The van der Waals surface area contributed by atoms with Crippen molar-refractivity contribution < 1.29 is 14.4 Å². The molecule has 0 bridgehead atoms. The van der Waals surface area contributed by atoms with E-state index in [1.165, 1.54) is 0 Å². The van der Waals surface area contributed by atoms with Crippen LogP contribution < -0.4 is 0 Å². The van der Waals surface area contributed by atoms with Gasteiger partial charge in [0.15, 0.2) is 0 Å². The van der Waals surface area contributed by atoms with E-state index in [1.54, 1.807) is 11.0 Å². The van der Waals surface area contributed by atoms with Gasteiger partial charge in [-0.2, -0.15) is 0 Å². The molecule has 0 spiro atoms. The highest BCUT2D eigenvalue weighted by Gasteiger charge is 2.31. The Bertz CT molecular complexity index is 314. The first-order chi connectivity index (χ1) is 7.81. The number of likely N-dealkylation sites (tertiary alicyclic amines) is 1. The first-order valence-electron chi connectivity index (χ1n) is 5.52. The zero-order valence-corrected chi connectivity index (χ0v) is 9.22. The van der Waals surface area contributed by atoms with Gasteiger partial charge in [-0.1, -0.05) is 17.8 Å². The summed E-state index contributed by atoms with van der Waals surface area (Å²) in [5.41, 5.74) is 1.08. The number of ether oxygens (including phenoxy) is 1. The van der Waals surface area contributed by atoms with Crippen LogP contribution >= 0.6 is 0 Å². The summed E-state index contributed by atoms with van der Waals surface area (Å²) in [6.07, 6.45) is 3.15. The van der Waals surface area contributed by atoms with Gasteiger partial charge in [-0.15, -0.1) is 0 Å². The molecule has 0 aromatic heterocycles. The van der Waals surface area contributed by atoms with E-state index < -0.39 is 0 Å². The molecule has 1 unspecified atom stereocenters. The molecule has 1 amide bonds. The van der Waals surface area contributed by atoms with Crippen LogP contribution in [0.15, 0.2) is 17.8 Å². The Morgan fingerprint density at radius 3 is 3.31 bits per heavy atom. The fourth-order valence-corrected chi connectivity index (χ4v) is 2.02. The van der Waals surface area contributed by atoms with Gasteiger partial charge in [-0.25, -0.2) is 4.79 Å². The average molecular weight is 224 g/mol. The van der Waals surface area contributed by atoms with Crippen LogP contribution in [0.5, 0.6) is 0 Å². The van der Waals surface area contributed by atoms with Crippen molar-refractivity contribution in [3.63, 3.8) is 0 Å². The van der Waals surface area contributed by atoms with Crippen molar-refractivity contribution >= 4 is 11.8 Å². The summed E-state index contributed by atoms with van der Waals surface area (Å²) in [6, 6.07) is 0. The molecule has 2 aliphatic rings. The maximum atomic E-state index is 11.5. The number of amides is 1. The van der Waals surface area contributed by atoms with Gasteiger partial charge in [0.1, 0.15) is 13.2 Å². The fraction of sp³-hybridized carbons (Fsp3) is 0.636. The highest BCUT2D eigenvalue weighted by Crippen LogP contribution is 2.22. The van der Waals surface area contributed by atoms with Gasteiger partial charge in [0, 0.05) is 25.4 Å². The van der Waals surface area contributed by atoms with Crippen LogP contribution in [0.25, 0.3) is 0 Å². The highest BCUT2D eigenvalue weighted by molar-refractivity contribution is 5.88. The van der Waals surface area contributed by atoms with Crippen LogP contribution in [0, 0.1) is 5.92 Å². The van der Waals surface area contributed by atoms with Gasteiger partial charge in [0.25, 0.3) is 0 Å². The van der Waals surface area contributed by atoms with Crippen LogP contribution in [0.1, 0.15) is 12.8 Å². The molecule has 0 aromatic carbocycles. The number of carbonyl (C=O) groups excluding carboxylic acids is 1. The number of hydrogen-bond acceptors (Lipinski definition) is 4. The zero-order chi connectivity index (χ0) is 11.4. The molecule has 88 valence electrons. The van der Waals surface area contributed by atoms with E-state index in [1.807, 2.05) is 0 Å². The molecule has 2 aliphatic heterocycles. The summed E-state index contributed by atoms with van der Waals surface area (Å²) in [5, 5.41) is 4.00. The minimum atomic E-state index is -0.262. The molecule has 1 atom stereocenters. The van der Waals surface area contributed by atoms with Gasteiger partial charge in [0.05, 0.1) is 5.71 Å². The van der Waals surface area contributed by atoms with Gasteiger partial charge in [0.2, 0.25) is 0 Å². The molecule has 0 aliphatic carbocycles. The third kappa shape index (κ3) is 2.35. The predicted octanol–water partition coefficient (Wildman–Crippen LogP) is 1.41. The first kappa shape index (κ1) is 11.0. The van der Waals surface area contributed by atoms with E-state index in [4.69, 9.17) is 9.57 Å². The Morgan fingerprint density at radius 1 is 1.75 bits per heavy atom. The maximum Gasteiger partial charge on any atom is 0.410 e. The third-order valence-electron chi connectivity index (χ3n) is 2.87. The second-order valence-corrected chi connectivity index (χ2v) is 3.96. The molecule has 1 saturated heterocycles. The third-order valence-corrected chi connectivity index (χ3v) is 2.87. The normalized spacial score (nSPS) is 23.9. The fourth-order valence-electron chi connectivity index (χ4n) is 2.02. The lowest BCUT2D eigenvalue weighted by molar-refractivity contribution is 0.120. The number of hydrogen-bond donors (Lipinski definition) is 0. The second kappa shape index (κ2) is 5.01. The monoisotopic (exact) mass is 224 g/mol. The maximum absolute atomic E-state index is 11.5. The summed E-state index contributed by atoms with van der Waals surface area (Å²) in [7, 11) is 0. The van der Waals surface area contributed by atoms with Crippen molar-refractivity contribution in [3.05, 3.63) is 12.7 Å². The van der Waals surface area contributed by atoms with E-state index >= 15 is 0 Å². The lowest BCUT2D eigenvalue weighted by Gasteiger charge is -2.15. The predicted molar refractivity (Wildman–Crippen MR) is 59.2 cm³/mol. The van der Waals surface area contributed by atoms with Crippen molar-refractivity contribution in [1.29, 1.82) is 0 Å². The van der Waals surface area contributed by atoms with Crippen molar-refractivity contribution in [2.75, 3.05) is 26.3 Å². The smallest absolute Gasteiger partial charge is 0.410 e. The standard InChI is InChI=1S/C11H16N2O3/c1-2-6-15-11(14)13-5-3-9(8-13)10-4-7-16-12-10/h2,9H,1,3-8H2. The minimum Gasteiger partial charge on any atom is -0.445 e. The van der Waals surface area contributed by atoms with E-state index in [-0.39, 0.29) is 12.7 Å². The van der Waals surface area contributed by atoms with Crippen LogP contribution in [0.2, 0.25) is 0 Å². The molecular formula is C11H16N2O3. The molecule has 2 heterocycles. The number of rotatable bonds is 3. The van der Waals surface area contributed by atoms with Crippen LogP contribution in [0.4, 0.5) is 4.79 Å². The molecular weight excluding hydrogens is 208 g/mol. The van der Waals surface area contributed by atoms with Crippen molar-refractivity contribution in [1.82, 2.24) is 4.90 Å². The molecule has 2 rings (SSSR count). The number of nitrogens with zero attached hydrogens (tertiary/aromatic N) is 2. The molecule has 0 saturated carbocycles. The second-order valence-electron chi connectivity index (χ2n) is 3.96. The number of carbonyl (C=O) groups is 1. The Morgan fingerprint density at radius 2 is 2.62 bits per heavy atom. The van der Waals surface area contributed by atoms with Crippen LogP contribution in [-0.4, -0.2) is 43.0 Å². The summed E-state index contributed by atoms with van der Waals surface area (Å²) >= 11 is 0. The summed E-state index contributed by atoms with van der Waals surface area (Å²) in [4.78, 5) is 18.2. The Hall–Kier alpha value is -1.52. The first-order valence-corrected chi connectivity index (χ1v) is 5.52. The Balaban J connectivity index is 1.82. The van der Waals surface area contributed by atoms with E-state index in [0.29, 0.717) is 19.1 Å². The van der Waals surface area contributed by atoms with Crippen LogP contribution in [-0.2, 0) is 9.57 Å². The van der Waals surface area contributed by atoms with E-state index in [2.05, 4.69) is 11.7 Å². The van der Waals surface area contributed by atoms with E-state index in [9.17, 15) is 4.79 Å². The Kier molecular flexibility index (Phi) is 3.44. The molecule has 5 nitrogen and oxygen atoms in total. The minimum absolute atomic E-state index is 0.262. The average Bonchev–Trinajstić information content (AvgIpc) is 2.94. The number of oxime groups is 1. The van der Waals surface area contributed by atoms with Gasteiger partial charge in [-0.05, 0) is 6.42 Å². The summed E-state index contributed by atoms with van der Waals surface area (Å²) < 4.78 is 4.98. The van der Waals surface area contributed by atoms with Crippen LogP contribution in [0.3, 0.4) is 0 Å². The lowest BCUT2D eigenvalue weighted by Crippen LogP contribution is -2.30. The topological polar surface area (TPSA) is 51.1 Å². The molecule has 0 radical (unpaired) electrons. The van der Waals surface area contributed by atoms with E-state index in [0.717, 1.165) is 25.1 Å². The largest absolute Gasteiger partial charge is 0.445 e. The molecule has 5 heteroatoms. The quantitative estimate of drug-likeness (QED) is 0.681.